The number of phenolic OH excluding ortho intramolecular Hbond substituents is 1. The van der Waals surface area contributed by atoms with Crippen molar-refractivity contribution in [2.75, 3.05) is 0 Å². The maximum absolute atomic E-state index is 9.15. The van der Waals surface area contributed by atoms with Crippen LogP contribution < -0.4 is 0 Å². The molecule has 0 aliphatic rings. The van der Waals surface area contributed by atoms with E-state index < -0.39 is 0 Å². The Morgan fingerprint density at radius 2 is 1.60 bits per heavy atom. The molecule has 2 aromatic rings. The minimum atomic E-state index is 0.290. The normalized spacial score (nSPS) is 10.2. The van der Waals surface area contributed by atoms with Gasteiger partial charge in [-0.25, -0.2) is 0 Å². The van der Waals surface area contributed by atoms with E-state index in [2.05, 4.69) is 0 Å². The van der Waals surface area contributed by atoms with Gasteiger partial charge in [0.15, 0.2) is 0 Å². The predicted molar refractivity (Wildman–Crippen MR) is 62.4 cm³/mol. The summed E-state index contributed by atoms with van der Waals surface area (Å²) in [5.74, 6) is 0.290. The van der Waals surface area contributed by atoms with Crippen molar-refractivity contribution in [3.8, 4) is 5.75 Å². The van der Waals surface area contributed by atoms with E-state index in [0.717, 1.165) is 22.6 Å². The van der Waals surface area contributed by atoms with E-state index in [1.54, 1.807) is 12.1 Å². The Kier molecular flexibility index (Phi) is 2.93. The lowest BCUT2D eigenvalue weighted by Crippen LogP contribution is -1.88. The number of benzene rings is 2. The molecule has 0 saturated heterocycles. The molecule has 15 heavy (non-hydrogen) atoms. The van der Waals surface area contributed by atoms with Gasteiger partial charge in [-0.15, -0.1) is 0 Å². The van der Waals surface area contributed by atoms with Crippen LogP contribution in [0.3, 0.4) is 0 Å². The van der Waals surface area contributed by atoms with Gasteiger partial charge in [0.25, 0.3) is 0 Å². The first kappa shape index (κ1) is 10.1. The zero-order valence-electron chi connectivity index (χ0n) is 8.15. The summed E-state index contributed by atoms with van der Waals surface area (Å²) in [6.45, 7) is 0. The average Bonchev–Trinajstić information content (AvgIpc) is 2.25. The summed E-state index contributed by atoms with van der Waals surface area (Å²) in [4.78, 5) is 0. The number of hydrogen-bond acceptors (Lipinski definition) is 1. The Hall–Kier alpha value is -1.47. The van der Waals surface area contributed by atoms with Gasteiger partial charge in [-0.2, -0.15) is 0 Å². The second-order valence-electron chi connectivity index (χ2n) is 3.43. The molecule has 0 bridgehead atoms. The smallest absolute Gasteiger partial charge is 0.115 e. The molecule has 2 aromatic carbocycles. The fraction of sp³-hybridized carbons (Fsp3) is 0.0769. The fourth-order valence-corrected chi connectivity index (χ4v) is 1.68. The fourth-order valence-electron chi connectivity index (χ4n) is 1.48. The Balaban J connectivity index is 2.22. The predicted octanol–water partition coefficient (Wildman–Crippen LogP) is 3.64. The SMILES string of the molecule is Oc1ccc(Cc2ccccc2Cl)cc1. The van der Waals surface area contributed by atoms with Gasteiger partial charge < -0.3 is 5.11 Å². The van der Waals surface area contributed by atoms with Gasteiger partial charge in [0.05, 0.1) is 0 Å². The van der Waals surface area contributed by atoms with Crippen molar-refractivity contribution in [1.29, 1.82) is 0 Å². The highest BCUT2D eigenvalue weighted by Crippen LogP contribution is 2.19. The lowest BCUT2D eigenvalue weighted by molar-refractivity contribution is 0.475. The molecule has 0 atom stereocenters. The second kappa shape index (κ2) is 4.37. The molecule has 0 heterocycles. The molecule has 0 spiro atoms. The van der Waals surface area contributed by atoms with Crippen LogP contribution in [0.15, 0.2) is 48.5 Å². The van der Waals surface area contributed by atoms with Crippen LogP contribution in [0.2, 0.25) is 5.02 Å². The van der Waals surface area contributed by atoms with Crippen LogP contribution in [0.25, 0.3) is 0 Å². The first-order valence-corrected chi connectivity index (χ1v) is 5.15. The Bertz CT molecular complexity index is 448. The summed E-state index contributed by atoms with van der Waals surface area (Å²) in [5.41, 5.74) is 2.24. The second-order valence-corrected chi connectivity index (χ2v) is 3.84. The van der Waals surface area contributed by atoms with E-state index in [4.69, 9.17) is 16.7 Å². The molecule has 0 saturated carbocycles. The first-order valence-electron chi connectivity index (χ1n) is 4.77. The molecule has 0 unspecified atom stereocenters. The van der Waals surface area contributed by atoms with Crippen molar-refractivity contribution in [1.82, 2.24) is 0 Å². The molecular formula is C13H11ClO. The van der Waals surface area contributed by atoms with Crippen molar-refractivity contribution in [3.05, 3.63) is 64.7 Å². The molecule has 0 aromatic heterocycles. The van der Waals surface area contributed by atoms with Crippen LogP contribution in [-0.4, -0.2) is 5.11 Å². The van der Waals surface area contributed by atoms with E-state index in [1.165, 1.54) is 0 Å². The van der Waals surface area contributed by atoms with E-state index in [1.807, 2.05) is 36.4 Å². The maximum atomic E-state index is 9.15. The first-order chi connectivity index (χ1) is 7.25. The Labute approximate surface area is 94.0 Å². The molecule has 2 rings (SSSR count). The molecule has 0 aliphatic carbocycles. The lowest BCUT2D eigenvalue weighted by Gasteiger charge is -2.04. The van der Waals surface area contributed by atoms with Gasteiger partial charge in [0.1, 0.15) is 5.75 Å². The third-order valence-electron chi connectivity index (χ3n) is 2.29. The number of phenols is 1. The van der Waals surface area contributed by atoms with Crippen molar-refractivity contribution in [2.24, 2.45) is 0 Å². The molecular weight excluding hydrogens is 208 g/mol. The number of rotatable bonds is 2. The summed E-state index contributed by atoms with van der Waals surface area (Å²) >= 11 is 6.06. The standard InChI is InChI=1S/C13H11ClO/c14-13-4-2-1-3-11(13)9-10-5-7-12(15)8-6-10/h1-8,15H,9H2. The van der Waals surface area contributed by atoms with E-state index in [0.29, 0.717) is 0 Å². The number of halogens is 1. The zero-order chi connectivity index (χ0) is 10.7. The van der Waals surface area contributed by atoms with Crippen molar-refractivity contribution in [3.63, 3.8) is 0 Å². The van der Waals surface area contributed by atoms with Gasteiger partial charge in [-0.3, -0.25) is 0 Å². The highest BCUT2D eigenvalue weighted by molar-refractivity contribution is 6.31. The minimum Gasteiger partial charge on any atom is -0.508 e. The number of hydrogen-bond donors (Lipinski definition) is 1. The molecule has 1 nitrogen and oxygen atoms in total. The molecule has 0 fully saturated rings. The van der Waals surface area contributed by atoms with Gasteiger partial charge in [0, 0.05) is 5.02 Å². The van der Waals surface area contributed by atoms with Gasteiger partial charge in [0.2, 0.25) is 0 Å². The summed E-state index contributed by atoms with van der Waals surface area (Å²) in [6.07, 6.45) is 0.792. The average molecular weight is 219 g/mol. The van der Waals surface area contributed by atoms with Gasteiger partial charge in [-0.05, 0) is 35.7 Å². The van der Waals surface area contributed by atoms with Crippen LogP contribution in [0.5, 0.6) is 5.75 Å². The monoisotopic (exact) mass is 218 g/mol. The Morgan fingerprint density at radius 3 is 2.27 bits per heavy atom. The third kappa shape index (κ3) is 2.51. The van der Waals surface area contributed by atoms with Crippen LogP contribution in [-0.2, 0) is 6.42 Å². The molecule has 1 N–H and O–H groups in total. The third-order valence-corrected chi connectivity index (χ3v) is 2.66. The maximum Gasteiger partial charge on any atom is 0.115 e. The highest BCUT2D eigenvalue weighted by Gasteiger charge is 2.00. The van der Waals surface area contributed by atoms with Crippen LogP contribution in [0.4, 0.5) is 0 Å². The molecule has 0 amide bonds. The summed E-state index contributed by atoms with van der Waals surface area (Å²) < 4.78 is 0. The van der Waals surface area contributed by atoms with Crippen molar-refractivity contribution < 1.29 is 5.11 Å². The van der Waals surface area contributed by atoms with E-state index in [-0.39, 0.29) is 5.75 Å². The Morgan fingerprint density at radius 1 is 0.933 bits per heavy atom. The van der Waals surface area contributed by atoms with Crippen LogP contribution in [0, 0.1) is 0 Å². The van der Waals surface area contributed by atoms with Gasteiger partial charge in [-0.1, -0.05) is 41.9 Å². The topological polar surface area (TPSA) is 20.2 Å². The summed E-state index contributed by atoms with van der Waals surface area (Å²) in [7, 11) is 0. The van der Waals surface area contributed by atoms with Crippen LogP contribution in [0.1, 0.15) is 11.1 Å². The lowest BCUT2D eigenvalue weighted by atomic mass is 10.1. The summed E-state index contributed by atoms with van der Waals surface area (Å²) in [6, 6.07) is 15.0. The molecule has 0 aliphatic heterocycles. The quantitative estimate of drug-likeness (QED) is 0.816. The number of aromatic hydroxyl groups is 1. The largest absolute Gasteiger partial charge is 0.508 e. The van der Waals surface area contributed by atoms with E-state index in [9.17, 15) is 0 Å². The minimum absolute atomic E-state index is 0.290. The highest BCUT2D eigenvalue weighted by atomic mass is 35.5. The van der Waals surface area contributed by atoms with Crippen molar-refractivity contribution >= 4 is 11.6 Å². The molecule has 0 radical (unpaired) electrons. The van der Waals surface area contributed by atoms with Crippen molar-refractivity contribution in [2.45, 2.75) is 6.42 Å². The van der Waals surface area contributed by atoms with E-state index >= 15 is 0 Å². The van der Waals surface area contributed by atoms with Gasteiger partial charge >= 0.3 is 0 Å². The molecule has 2 heteroatoms. The zero-order valence-corrected chi connectivity index (χ0v) is 8.91. The van der Waals surface area contributed by atoms with Crippen LogP contribution >= 0.6 is 11.6 Å². The molecule has 76 valence electrons. The summed E-state index contributed by atoms with van der Waals surface area (Å²) in [5, 5.41) is 9.93.